The van der Waals surface area contributed by atoms with Crippen LogP contribution in [0.4, 0.5) is 16.5 Å². The summed E-state index contributed by atoms with van der Waals surface area (Å²) in [7, 11) is 0. The molecule has 17 heavy (non-hydrogen) atoms. The van der Waals surface area contributed by atoms with Gasteiger partial charge < -0.3 is 4.42 Å². The number of nitrogens with zero attached hydrogens (tertiary/aromatic N) is 1. The molecule has 0 saturated carbocycles. The molecular formula is C10H7Br2N3O2. The Morgan fingerprint density at radius 3 is 2.59 bits per heavy atom. The number of amides is 2. The smallest absolute Gasteiger partial charge is 0.327 e. The van der Waals surface area contributed by atoms with Gasteiger partial charge in [0.1, 0.15) is 5.82 Å². The molecule has 0 saturated heterocycles. The van der Waals surface area contributed by atoms with Gasteiger partial charge in [-0.1, -0.05) is 0 Å². The van der Waals surface area contributed by atoms with E-state index in [1.165, 1.54) is 0 Å². The third-order valence-corrected chi connectivity index (χ3v) is 2.67. The molecule has 0 unspecified atom stereocenters. The van der Waals surface area contributed by atoms with Crippen LogP contribution in [0, 0.1) is 0 Å². The number of halogens is 2. The van der Waals surface area contributed by atoms with Crippen LogP contribution in [0.15, 0.2) is 44.0 Å². The van der Waals surface area contributed by atoms with E-state index in [4.69, 9.17) is 4.42 Å². The van der Waals surface area contributed by atoms with Gasteiger partial charge in [-0.15, -0.1) is 0 Å². The minimum absolute atomic E-state index is 0.353. The lowest BCUT2D eigenvalue weighted by molar-refractivity contribution is 0.261. The molecule has 0 aliphatic carbocycles. The highest BCUT2D eigenvalue weighted by atomic mass is 79.9. The van der Waals surface area contributed by atoms with Gasteiger partial charge in [0.2, 0.25) is 5.88 Å². The average molecular weight is 361 g/mol. The minimum Gasteiger partial charge on any atom is -0.434 e. The van der Waals surface area contributed by atoms with E-state index in [1.807, 2.05) is 0 Å². The second kappa shape index (κ2) is 5.33. The Labute approximate surface area is 114 Å². The maximum atomic E-state index is 11.5. The van der Waals surface area contributed by atoms with E-state index in [9.17, 15) is 4.79 Å². The van der Waals surface area contributed by atoms with Crippen molar-refractivity contribution >= 4 is 49.6 Å². The molecule has 0 aromatic carbocycles. The quantitative estimate of drug-likeness (QED) is 0.854. The summed E-state index contributed by atoms with van der Waals surface area (Å²) in [5, 5.41) is 5.10. The van der Waals surface area contributed by atoms with E-state index in [1.54, 1.807) is 30.5 Å². The van der Waals surface area contributed by atoms with Gasteiger partial charge in [-0.05, 0) is 50.1 Å². The van der Waals surface area contributed by atoms with Crippen molar-refractivity contribution in [2.45, 2.75) is 0 Å². The Hall–Kier alpha value is -1.34. The Kier molecular flexibility index (Phi) is 3.80. The van der Waals surface area contributed by atoms with Gasteiger partial charge in [0, 0.05) is 16.7 Å². The number of furan rings is 1. The summed E-state index contributed by atoms with van der Waals surface area (Å²) in [5.41, 5.74) is 0. The van der Waals surface area contributed by atoms with Crippen LogP contribution in [0.5, 0.6) is 0 Å². The van der Waals surface area contributed by atoms with E-state index < -0.39 is 6.03 Å². The standard InChI is InChI=1S/C10H7Br2N3O2/c11-6-1-3-8(13-5-6)14-10(16)15-9-4-2-7(12)17-9/h1-5H,(H2,13,14,15,16). The van der Waals surface area contributed by atoms with E-state index >= 15 is 0 Å². The van der Waals surface area contributed by atoms with Crippen LogP contribution in [0.3, 0.4) is 0 Å². The molecule has 5 nitrogen and oxygen atoms in total. The second-order valence-electron chi connectivity index (χ2n) is 3.04. The number of pyridine rings is 1. The van der Waals surface area contributed by atoms with E-state index in [0.29, 0.717) is 16.4 Å². The van der Waals surface area contributed by atoms with Crippen molar-refractivity contribution in [1.29, 1.82) is 0 Å². The molecule has 2 heterocycles. The molecular weight excluding hydrogens is 354 g/mol. The molecule has 7 heteroatoms. The molecule has 0 bridgehead atoms. The fourth-order valence-electron chi connectivity index (χ4n) is 1.09. The summed E-state index contributed by atoms with van der Waals surface area (Å²) in [5.74, 6) is 0.808. The topological polar surface area (TPSA) is 67.2 Å². The van der Waals surface area contributed by atoms with Crippen LogP contribution < -0.4 is 10.6 Å². The molecule has 2 N–H and O–H groups in total. The second-order valence-corrected chi connectivity index (χ2v) is 4.74. The molecule has 2 amide bonds. The van der Waals surface area contributed by atoms with Gasteiger partial charge >= 0.3 is 6.03 Å². The number of anilines is 2. The summed E-state index contributed by atoms with van der Waals surface area (Å²) < 4.78 is 6.52. The zero-order valence-corrected chi connectivity index (χ0v) is 11.6. The van der Waals surface area contributed by atoms with Gasteiger partial charge in [-0.3, -0.25) is 10.6 Å². The lowest BCUT2D eigenvalue weighted by Gasteiger charge is -2.04. The first-order valence-electron chi connectivity index (χ1n) is 4.58. The molecule has 0 fully saturated rings. The number of carbonyl (C=O) groups is 1. The van der Waals surface area contributed by atoms with Gasteiger partial charge in [-0.2, -0.15) is 0 Å². The zero-order chi connectivity index (χ0) is 12.3. The molecule has 0 atom stereocenters. The minimum atomic E-state index is -0.415. The summed E-state index contributed by atoms with van der Waals surface area (Å²) in [4.78, 5) is 15.5. The number of hydrogen-bond acceptors (Lipinski definition) is 3. The number of rotatable bonds is 2. The predicted molar refractivity (Wildman–Crippen MR) is 71.0 cm³/mol. The fourth-order valence-corrected chi connectivity index (χ4v) is 1.63. The van der Waals surface area contributed by atoms with Gasteiger partial charge in [0.25, 0.3) is 0 Å². The first kappa shape index (κ1) is 12.1. The number of nitrogens with one attached hydrogen (secondary N) is 2. The van der Waals surface area contributed by atoms with Crippen molar-refractivity contribution < 1.29 is 9.21 Å². The molecule has 0 spiro atoms. The highest BCUT2D eigenvalue weighted by Gasteiger charge is 2.06. The third-order valence-electron chi connectivity index (χ3n) is 1.78. The van der Waals surface area contributed by atoms with Crippen molar-refractivity contribution in [1.82, 2.24) is 4.98 Å². The van der Waals surface area contributed by atoms with Crippen LogP contribution >= 0.6 is 31.9 Å². The maximum absolute atomic E-state index is 11.5. The normalized spacial score (nSPS) is 10.0. The van der Waals surface area contributed by atoms with E-state index in [2.05, 4.69) is 47.5 Å². The van der Waals surface area contributed by atoms with Gasteiger partial charge in [-0.25, -0.2) is 9.78 Å². The molecule has 0 radical (unpaired) electrons. The van der Waals surface area contributed by atoms with Crippen molar-refractivity contribution in [3.05, 3.63) is 39.6 Å². The molecule has 0 aliphatic heterocycles. The maximum Gasteiger partial charge on any atom is 0.327 e. The predicted octanol–water partition coefficient (Wildman–Crippen LogP) is 3.84. The summed E-state index contributed by atoms with van der Waals surface area (Å²) in [6.45, 7) is 0. The Morgan fingerprint density at radius 2 is 2.00 bits per heavy atom. The van der Waals surface area contributed by atoms with Crippen LogP contribution in [0.2, 0.25) is 0 Å². The average Bonchev–Trinajstić information content (AvgIpc) is 2.67. The monoisotopic (exact) mass is 359 g/mol. The van der Waals surface area contributed by atoms with Gasteiger partial charge in [0.15, 0.2) is 4.67 Å². The molecule has 2 aromatic rings. The van der Waals surface area contributed by atoms with Crippen LogP contribution in [-0.4, -0.2) is 11.0 Å². The number of hydrogen-bond donors (Lipinski definition) is 2. The molecule has 2 aromatic heterocycles. The zero-order valence-electron chi connectivity index (χ0n) is 8.41. The highest BCUT2D eigenvalue weighted by Crippen LogP contribution is 2.18. The number of aromatic nitrogens is 1. The van der Waals surface area contributed by atoms with E-state index in [0.717, 1.165) is 4.47 Å². The van der Waals surface area contributed by atoms with Crippen molar-refractivity contribution in [3.8, 4) is 0 Å². The Balaban J connectivity index is 1.95. The lowest BCUT2D eigenvalue weighted by atomic mass is 10.5. The van der Waals surface area contributed by atoms with Crippen molar-refractivity contribution in [3.63, 3.8) is 0 Å². The first-order valence-corrected chi connectivity index (χ1v) is 6.17. The molecule has 0 aliphatic rings. The van der Waals surface area contributed by atoms with E-state index in [-0.39, 0.29) is 0 Å². The highest BCUT2D eigenvalue weighted by molar-refractivity contribution is 9.10. The largest absolute Gasteiger partial charge is 0.434 e. The first-order chi connectivity index (χ1) is 8.13. The Morgan fingerprint density at radius 1 is 1.18 bits per heavy atom. The van der Waals surface area contributed by atoms with Crippen molar-refractivity contribution in [2.75, 3.05) is 10.6 Å². The summed E-state index contributed by atoms with van der Waals surface area (Å²) >= 11 is 6.40. The van der Waals surface area contributed by atoms with Crippen LogP contribution in [0.25, 0.3) is 0 Å². The summed E-state index contributed by atoms with van der Waals surface area (Å²) in [6.07, 6.45) is 1.60. The SMILES string of the molecule is O=C(Nc1ccc(Br)cn1)Nc1ccc(Br)o1. The van der Waals surface area contributed by atoms with Crippen LogP contribution in [0.1, 0.15) is 0 Å². The Bertz CT molecular complexity index is 525. The number of urea groups is 1. The number of carbonyl (C=O) groups excluding carboxylic acids is 1. The fraction of sp³-hybridized carbons (Fsp3) is 0. The molecule has 88 valence electrons. The van der Waals surface area contributed by atoms with Crippen molar-refractivity contribution in [2.24, 2.45) is 0 Å². The van der Waals surface area contributed by atoms with Gasteiger partial charge in [0.05, 0.1) is 0 Å². The molecule has 2 rings (SSSR count). The van der Waals surface area contributed by atoms with Crippen LogP contribution in [-0.2, 0) is 0 Å². The summed E-state index contributed by atoms with van der Waals surface area (Å²) in [6, 6.07) is 6.38. The third kappa shape index (κ3) is 3.57. The lowest BCUT2D eigenvalue weighted by Crippen LogP contribution is -2.19.